The van der Waals surface area contributed by atoms with Crippen LogP contribution in [0.5, 0.6) is 0 Å². The number of hydrogen-bond acceptors (Lipinski definition) is 4. The predicted molar refractivity (Wildman–Crippen MR) is 75.3 cm³/mol. The molecule has 0 saturated carbocycles. The molecule has 4 nitrogen and oxygen atoms in total. The number of anilines is 2. The van der Waals surface area contributed by atoms with E-state index in [0.29, 0.717) is 5.69 Å². The molecule has 0 spiro atoms. The van der Waals surface area contributed by atoms with Crippen molar-refractivity contribution in [3.05, 3.63) is 36.7 Å². The van der Waals surface area contributed by atoms with E-state index >= 15 is 0 Å². The molecule has 0 radical (unpaired) electrons. The largest absolute Gasteiger partial charge is 0.396 e. The summed E-state index contributed by atoms with van der Waals surface area (Å²) in [6.07, 6.45) is 5.78. The Labute approximate surface area is 107 Å². The maximum absolute atomic E-state index is 5.91. The van der Waals surface area contributed by atoms with Gasteiger partial charge in [0.1, 0.15) is 5.82 Å². The summed E-state index contributed by atoms with van der Waals surface area (Å²) in [6.45, 7) is 3.05. The van der Waals surface area contributed by atoms with Gasteiger partial charge >= 0.3 is 0 Å². The van der Waals surface area contributed by atoms with Crippen molar-refractivity contribution in [2.45, 2.75) is 19.8 Å². The van der Waals surface area contributed by atoms with Gasteiger partial charge in [-0.15, -0.1) is 0 Å². The predicted octanol–water partition coefficient (Wildman–Crippen LogP) is 2.94. The van der Waals surface area contributed by atoms with Crippen LogP contribution in [-0.2, 0) is 0 Å². The number of rotatable bonds is 5. The van der Waals surface area contributed by atoms with E-state index in [1.807, 2.05) is 24.3 Å². The maximum Gasteiger partial charge on any atom is 0.149 e. The van der Waals surface area contributed by atoms with Crippen LogP contribution < -0.4 is 11.1 Å². The molecule has 0 aromatic carbocycles. The molecule has 0 aliphatic rings. The zero-order valence-electron chi connectivity index (χ0n) is 10.6. The lowest BCUT2D eigenvalue weighted by Crippen LogP contribution is -2.06. The Balaban J connectivity index is 2.21. The summed E-state index contributed by atoms with van der Waals surface area (Å²) in [5.41, 5.74) is 8.55. The Bertz CT molecular complexity index is 496. The minimum atomic E-state index is 0.684. The van der Waals surface area contributed by atoms with Gasteiger partial charge in [-0.3, -0.25) is 4.98 Å². The molecule has 0 aliphatic heterocycles. The molecule has 0 unspecified atom stereocenters. The van der Waals surface area contributed by atoms with E-state index in [2.05, 4.69) is 22.2 Å². The van der Waals surface area contributed by atoms with E-state index in [-0.39, 0.29) is 0 Å². The zero-order valence-corrected chi connectivity index (χ0v) is 10.6. The number of aromatic nitrogens is 2. The molecular weight excluding hydrogens is 224 g/mol. The summed E-state index contributed by atoms with van der Waals surface area (Å²) in [6, 6.07) is 7.69. The first kappa shape index (κ1) is 12.4. The second kappa shape index (κ2) is 6.00. The smallest absolute Gasteiger partial charge is 0.149 e. The quantitative estimate of drug-likeness (QED) is 0.791. The van der Waals surface area contributed by atoms with Crippen LogP contribution in [0.1, 0.15) is 19.8 Å². The lowest BCUT2D eigenvalue weighted by Gasteiger charge is -2.09. The molecule has 2 rings (SSSR count). The van der Waals surface area contributed by atoms with Crippen LogP contribution in [-0.4, -0.2) is 16.5 Å². The van der Waals surface area contributed by atoms with Crippen LogP contribution in [0.2, 0.25) is 0 Å². The highest BCUT2D eigenvalue weighted by Gasteiger charge is 2.04. The molecule has 18 heavy (non-hydrogen) atoms. The number of unbranched alkanes of at least 4 members (excludes halogenated alkanes) is 1. The zero-order chi connectivity index (χ0) is 12.8. The molecule has 3 N–H and O–H groups in total. The van der Waals surface area contributed by atoms with E-state index in [1.165, 1.54) is 0 Å². The van der Waals surface area contributed by atoms with Gasteiger partial charge < -0.3 is 11.1 Å². The van der Waals surface area contributed by atoms with E-state index in [1.54, 1.807) is 12.4 Å². The van der Waals surface area contributed by atoms with Crippen LogP contribution in [0.25, 0.3) is 11.3 Å². The highest BCUT2D eigenvalue weighted by atomic mass is 15.0. The van der Waals surface area contributed by atoms with Gasteiger partial charge in [0, 0.05) is 24.5 Å². The lowest BCUT2D eigenvalue weighted by molar-refractivity contribution is 0.831. The summed E-state index contributed by atoms with van der Waals surface area (Å²) in [4.78, 5) is 8.55. The van der Waals surface area contributed by atoms with Crippen molar-refractivity contribution in [2.24, 2.45) is 0 Å². The molecule has 2 aromatic heterocycles. The number of nitrogen functional groups attached to an aromatic ring is 1. The molecule has 0 atom stereocenters. The Morgan fingerprint density at radius 3 is 2.67 bits per heavy atom. The first-order valence-corrected chi connectivity index (χ1v) is 6.22. The first-order chi connectivity index (χ1) is 8.81. The highest BCUT2D eigenvalue weighted by Crippen LogP contribution is 2.22. The fraction of sp³-hybridized carbons (Fsp3) is 0.286. The topological polar surface area (TPSA) is 63.8 Å². The molecule has 2 aromatic rings. The summed E-state index contributed by atoms with van der Waals surface area (Å²) >= 11 is 0. The molecule has 2 heterocycles. The average Bonchev–Trinajstić information content (AvgIpc) is 2.42. The van der Waals surface area contributed by atoms with Gasteiger partial charge in [-0.2, -0.15) is 0 Å². The third-order valence-corrected chi connectivity index (χ3v) is 2.73. The summed E-state index contributed by atoms with van der Waals surface area (Å²) in [5.74, 6) is 0.762. The molecule has 0 saturated heterocycles. The van der Waals surface area contributed by atoms with Crippen molar-refractivity contribution < 1.29 is 0 Å². The maximum atomic E-state index is 5.91. The van der Waals surface area contributed by atoms with Gasteiger partial charge in [-0.1, -0.05) is 13.3 Å². The Morgan fingerprint density at radius 1 is 1.17 bits per heavy atom. The number of nitrogens with one attached hydrogen (secondary N) is 1. The third kappa shape index (κ3) is 2.97. The Kier molecular flexibility index (Phi) is 4.12. The van der Waals surface area contributed by atoms with Crippen molar-refractivity contribution >= 4 is 11.5 Å². The number of nitrogens with two attached hydrogens (primary N) is 1. The van der Waals surface area contributed by atoms with Crippen molar-refractivity contribution in [1.29, 1.82) is 0 Å². The molecule has 0 bridgehead atoms. The van der Waals surface area contributed by atoms with Gasteiger partial charge in [0.15, 0.2) is 0 Å². The van der Waals surface area contributed by atoms with E-state index in [4.69, 9.17) is 5.73 Å². The van der Waals surface area contributed by atoms with Crippen LogP contribution in [0.15, 0.2) is 36.7 Å². The van der Waals surface area contributed by atoms with E-state index in [9.17, 15) is 0 Å². The van der Waals surface area contributed by atoms with Crippen LogP contribution >= 0.6 is 0 Å². The summed E-state index contributed by atoms with van der Waals surface area (Å²) in [7, 11) is 0. The minimum Gasteiger partial charge on any atom is -0.396 e. The standard InChI is InChI=1S/C14H18N4/c1-2-3-8-17-14-12(15)4-5-13(18-14)11-6-9-16-10-7-11/h4-7,9-10H,2-3,8,15H2,1H3,(H,17,18). The normalized spacial score (nSPS) is 10.3. The van der Waals surface area contributed by atoms with Crippen molar-refractivity contribution in [2.75, 3.05) is 17.6 Å². The average molecular weight is 242 g/mol. The first-order valence-electron chi connectivity index (χ1n) is 6.22. The SMILES string of the molecule is CCCCNc1nc(-c2ccncc2)ccc1N. The molecule has 0 amide bonds. The minimum absolute atomic E-state index is 0.684. The number of hydrogen-bond donors (Lipinski definition) is 2. The van der Waals surface area contributed by atoms with Crippen LogP contribution in [0, 0.1) is 0 Å². The fourth-order valence-electron chi connectivity index (χ4n) is 1.68. The molecular formula is C14H18N4. The van der Waals surface area contributed by atoms with Crippen molar-refractivity contribution in [3.8, 4) is 11.3 Å². The number of pyridine rings is 2. The Hall–Kier alpha value is -2.10. The van der Waals surface area contributed by atoms with Gasteiger partial charge in [-0.25, -0.2) is 4.98 Å². The lowest BCUT2D eigenvalue weighted by atomic mass is 10.2. The van der Waals surface area contributed by atoms with E-state index < -0.39 is 0 Å². The highest BCUT2D eigenvalue weighted by molar-refractivity contribution is 5.68. The van der Waals surface area contributed by atoms with Gasteiger partial charge in [0.05, 0.1) is 11.4 Å². The summed E-state index contributed by atoms with van der Waals surface area (Å²) < 4.78 is 0. The third-order valence-electron chi connectivity index (χ3n) is 2.73. The second-order valence-electron chi connectivity index (χ2n) is 4.15. The van der Waals surface area contributed by atoms with Crippen molar-refractivity contribution in [1.82, 2.24) is 9.97 Å². The summed E-state index contributed by atoms with van der Waals surface area (Å²) in [5, 5.41) is 3.27. The van der Waals surface area contributed by atoms with Crippen LogP contribution in [0.4, 0.5) is 11.5 Å². The van der Waals surface area contributed by atoms with Gasteiger partial charge in [0.2, 0.25) is 0 Å². The Morgan fingerprint density at radius 2 is 1.94 bits per heavy atom. The second-order valence-corrected chi connectivity index (χ2v) is 4.15. The molecule has 4 heteroatoms. The fourth-order valence-corrected chi connectivity index (χ4v) is 1.68. The van der Waals surface area contributed by atoms with Crippen LogP contribution in [0.3, 0.4) is 0 Å². The van der Waals surface area contributed by atoms with E-state index in [0.717, 1.165) is 36.5 Å². The molecule has 0 aliphatic carbocycles. The monoisotopic (exact) mass is 242 g/mol. The molecule has 94 valence electrons. The number of nitrogens with zero attached hydrogens (tertiary/aromatic N) is 2. The van der Waals surface area contributed by atoms with Crippen molar-refractivity contribution in [3.63, 3.8) is 0 Å². The molecule has 0 fully saturated rings. The van der Waals surface area contributed by atoms with Gasteiger partial charge in [0.25, 0.3) is 0 Å². The van der Waals surface area contributed by atoms with Gasteiger partial charge in [-0.05, 0) is 30.7 Å².